The summed E-state index contributed by atoms with van der Waals surface area (Å²) in [7, 11) is 0. The molecule has 0 bridgehead atoms. The molecule has 0 radical (unpaired) electrons. The van der Waals surface area contributed by atoms with E-state index >= 15 is 0 Å². The minimum atomic E-state index is 0.652. The van der Waals surface area contributed by atoms with Gasteiger partial charge in [0.05, 0.1) is 12.8 Å². The molecule has 5 heteroatoms. The lowest BCUT2D eigenvalue weighted by Gasteiger charge is -2.33. The van der Waals surface area contributed by atoms with Gasteiger partial charge in [0.15, 0.2) is 5.96 Å². The number of rotatable bonds is 9. The molecular weight excluding hydrogens is 312 g/mol. The topological polar surface area (TPSA) is 52.8 Å². The molecule has 1 aliphatic heterocycles. The minimum Gasteiger partial charge on any atom is -0.469 e. The van der Waals surface area contributed by atoms with Gasteiger partial charge in [-0.1, -0.05) is 18.6 Å². The van der Waals surface area contributed by atoms with E-state index < -0.39 is 0 Å². The zero-order chi connectivity index (χ0) is 17.9. The van der Waals surface area contributed by atoms with Gasteiger partial charge in [-0.25, -0.2) is 4.99 Å². The molecule has 0 amide bonds. The highest BCUT2D eigenvalue weighted by Gasteiger charge is 2.17. The number of hydrogen-bond acceptors (Lipinski definition) is 3. The summed E-state index contributed by atoms with van der Waals surface area (Å²) in [5.74, 6) is 1.85. The van der Waals surface area contributed by atoms with Crippen molar-refractivity contribution in [3.05, 3.63) is 36.3 Å². The number of piperidine rings is 1. The van der Waals surface area contributed by atoms with Gasteiger partial charge in [0.2, 0.25) is 0 Å². The smallest absolute Gasteiger partial charge is 0.191 e. The van der Waals surface area contributed by atoms with Crippen LogP contribution in [0.4, 0.5) is 0 Å². The van der Waals surface area contributed by atoms with Crippen molar-refractivity contribution in [1.82, 2.24) is 15.5 Å². The van der Waals surface area contributed by atoms with E-state index in [1.54, 1.807) is 6.26 Å². The Morgan fingerprint density at radius 3 is 2.92 bits per heavy atom. The second-order valence-corrected chi connectivity index (χ2v) is 7.04. The zero-order valence-corrected chi connectivity index (χ0v) is 15.9. The molecule has 1 unspecified atom stereocenters. The number of aliphatic imine (C=N–C) groups is 1. The molecule has 0 saturated carbocycles. The van der Waals surface area contributed by atoms with Crippen molar-refractivity contribution < 1.29 is 4.42 Å². The number of guanidine groups is 1. The van der Waals surface area contributed by atoms with Crippen molar-refractivity contribution in [2.45, 2.75) is 52.0 Å². The average Bonchev–Trinajstić information content (AvgIpc) is 3.10. The van der Waals surface area contributed by atoms with Crippen LogP contribution in [-0.4, -0.2) is 49.6 Å². The Hall–Kier alpha value is -1.75. The monoisotopic (exact) mass is 346 g/mol. The number of likely N-dealkylation sites (tertiary alicyclic amines) is 1. The van der Waals surface area contributed by atoms with Gasteiger partial charge >= 0.3 is 0 Å². The Bertz CT molecular complexity index is 524. The summed E-state index contributed by atoms with van der Waals surface area (Å²) in [6.45, 7) is 13.1. The highest BCUT2D eigenvalue weighted by atomic mass is 16.3. The molecule has 0 aromatic carbocycles. The second kappa shape index (κ2) is 11.0. The summed E-state index contributed by atoms with van der Waals surface area (Å²) < 4.78 is 5.37. The lowest BCUT2D eigenvalue weighted by atomic mass is 10.0. The summed E-state index contributed by atoms with van der Waals surface area (Å²) in [5, 5.41) is 6.83. The zero-order valence-electron chi connectivity index (χ0n) is 15.9. The van der Waals surface area contributed by atoms with Crippen LogP contribution in [0.2, 0.25) is 0 Å². The number of furan rings is 1. The molecular formula is C20H34N4O. The Kier molecular flexibility index (Phi) is 8.60. The lowest BCUT2D eigenvalue weighted by molar-refractivity contribution is 0.159. The van der Waals surface area contributed by atoms with Crippen LogP contribution in [0.1, 0.15) is 45.3 Å². The Morgan fingerprint density at radius 2 is 2.20 bits per heavy atom. The van der Waals surface area contributed by atoms with Crippen LogP contribution < -0.4 is 10.6 Å². The maximum Gasteiger partial charge on any atom is 0.191 e. The van der Waals surface area contributed by atoms with E-state index in [1.807, 2.05) is 19.1 Å². The standard InChI is InChI=1S/C20H34N4O/c1-17(2)16-23-20(22-12-10-19-9-6-15-25-19)21-11-7-14-24-13-5-4-8-18(24)3/h6,9,15,18H,1,4-5,7-8,10-14,16H2,2-3H3,(H2,21,22,23). The van der Waals surface area contributed by atoms with E-state index in [1.165, 1.54) is 25.8 Å². The third-order valence-electron chi connectivity index (χ3n) is 4.61. The first-order valence-corrected chi connectivity index (χ1v) is 9.58. The average molecular weight is 347 g/mol. The molecule has 1 aromatic rings. The number of nitrogens with zero attached hydrogens (tertiary/aromatic N) is 2. The first-order valence-electron chi connectivity index (χ1n) is 9.58. The molecule has 0 spiro atoms. The number of nitrogens with one attached hydrogen (secondary N) is 2. The SMILES string of the molecule is C=C(C)CN=C(NCCCN1CCCCC1C)NCCc1ccco1. The molecule has 2 N–H and O–H groups in total. The van der Waals surface area contributed by atoms with Crippen molar-refractivity contribution in [2.75, 3.05) is 32.7 Å². The van der Waals surface area contributed by atoms with Crippen molar-refractivity contribution >= 4 is 5.96 Å². The van der Waals surface area contributed by atoms with E-state index in [9.17, 15) is 0 Å². The van der Waals surface area contributed by atoms with Gasteiger partial charge in [-0.3, -0.25) is 0 Å². The van der Waals surface area contributed by atoms with Gasteiger partial charge in [-0.15, -0.1) is 0 Å². The Morgan fingerprint density at radius 1 is 1.36 bits per heavy atom. The van der Waals surface area contributed by atoms with Crippen molar-refractivity contribution in [2.24, 2.45) is 4.99 Å². The number of hydrogen-bond donors (Lipinski definition) is 2. The van der Waals surface area contributed by atoms with Crippen LogP contribution in [0.25, 0.3) is 0 Å². The molecule has 0 aliphatic carbocycles. The fourth-order valence-electron chi connectivity index (χ4n) is 3.13. The van der Waals surface area contributed by atoms with Gasteiger partial charge in [0.1, 0.15) is 5.76 Å². The van der Waals surface area contributed by atoms with E-state index in [0.717, 1.165) is 55.8 Å². The predicted octanol–water partition coefficient (Wildman–Crippen LogP) is 3.20. The molecule has 5 nitrogen and oxygen atoms in total. The maximum atomic E-state index is 5.37. The predicted molar refractivity (Wildman–Crippen MR) is 105 cm³/mol. The molecule has 1 aromatic heterocycles. The minimum absolute atomic E-state index is 0.652. The fourth-order valence-corrected chi connectivity index (χ4v) is 3.13. The van der Waals surface area contributed by atoms with Crippen LogP contribution in [-0.2, 0) is 6.42 Å². The molecule has 1 aliphatic rings. The molecule has 1 fully saturated rings. The molecule has 140 valence electrons. The molecule has 25 heavy (non-hydrogen) atoms. The van der Waals surface area contributed by atoms with Crippen LogP contribution >= 0.6 is 0 Å². The largest absolute Gasteiger partial charge is 0.469 e. The second-order valence-electron chi connectivity index (χ2n) is 7.04. The normalized spacial score (nSPS) is 19.0. The Labute approximate surface area is 152 Å². The van der Waals surface area contributed by atoms with E-state index in [4.69, 9.17) is 4.42 Å². The van der Waals surface area contributed by atoms with Crippen LogP contribution in [0.5, 0.6) is 0 Å². The molecule has 2 rings (SSSR count). The van der Waals surface area contributed by atoms with E-state index in [0.29, 0.717) is 6.54 Å². The highest BCUT2D eigenvalue weighted by molar-refractivity contribution is 5.79. The fraction of sp³-hybridized carbons (Fsp3) is 0.650. The summed E-state index contributed by atoms with van der Waals surface area (Å²) in [6, 6.07) is 4.65. The van der Waals surface area contributed by atoms with Crippen molar-refractivity contribution in [1.29, 1.82) is 0 Å². The first-order chi connectivity index (χ1) is 12.1. The third-order valence-corrected chi connectivity index (χ3v) is 4.61. The van der Waals surface area contributed by atoms with Crippen molar-refractivity contribution in [3.63, 3.8) is 0 Å². The molecule has 1 atom stereocenters. The van der Waals surface area contributed by atoms with Gasteiger partial charge < -0.3 is 20.0 Å². The molecule has 2 heterocycles. The highest BCUT2D eigenvalue weighted by Crippen LogP contribution is 2.15. The van der Waals surface area contributed by atoms with Crippen LogP contribution in [0, 0.1) is 0 Å². The van der Waals surface area contributed by atoms with E-state index in [2.05, 4.69) is 34.0 Å². The summed E-state index contributed by atoms with van der Waals surface area (Å²) in [4.78, 5) is 7.20. The van der Waals surface area contributed by atoms with Gasteiger partial charge in [-0.05, 0) is 51.8 Å². The summed E-state index contributed by atoms with van der Waals surface area (Å²) >= 11 is 0. The maximum absolute atomic E-state index is 5.37. The van der Waals surface area contributed by atoms with Gasteiger partial charge in [0.25, 0.3) is 0 Å². The van der Waals surface area contributed by atoms with Gasteiger partial charge in [0, 0.05) is 32.1 Å². The quantitative estimate of drug-likeness (QED) is 0.312. The molecule has 1 saturated heterocycles. The van der Waals surface area contributed by atoms with E-state index in [-0.39, 0.29) is 0 Å². The first kappa shape index (κ1) is 19.6. The Balaban J connectivity index is 1.69. The van der Waals surface area contributed by atoms with Crippen LogP contribution in [0.15, 0.2) is 40.0 Å². The summed E-state index contributed by atoms with van der Waals surface area (Å²) in [6.07, 6.45) is 7.77. The lowest BCUT2D eigenvalue weighted by Crippen LogP contribution is -2.42. The third kappa shape index (κ3) is 7.78. The summed E-state index contributed by atoms with van der Waals surface area (Å²) in [5.41, 5.74) is 1.06. The van der Waals surface area contributed by atoms with Crippen molar-refractivity contribution in [3.8, 4) is 0 Å². The van der Waals surface area contributed by atoms with Gasteiger partial charge in [-0.2, -0.15) is 0 Å². The van der Waals surface area contributed by atoms with Crippen LogP contribution in [0.3, 0.4) is 0 Å².